The lowest BCUT2D eigenvalue weighted by atomic mass is 10.1. The Bertz CT molecular complexity index is 1180. The Balaban J connectivity index is 1.79. The monoisotopic (exact) mass is 445 g/mol. The number of aromatic nitrogens is 1. The number of carbonyl (C=O) groups is 1. The molecular formula is C21H23N3O4S2. The van der Waals surface area contributed by atoms with Crippen LogP contribution >= 0.6 is 11.3 Å². The van der Waals surface area contributed by atoms with E-state index < -0.39 is 10.0 Å². The maximum absolute atomic E-state index is 12.8. The van der Waals surface area contributed by atoms with Gasteiger partial charge in [-0.05, 0) is 49.3 Å². The predicted molar refractivity (Wildman–Crippen MR) is 120 cm³/mol. The van der Waals surface area contributed by atoms with Crippen LogP contribution in [-0.2, 0) is 21.2 Å². The highest BCUT2D eigenvalue weighted by atomic mass is 32.2. The van der Waals surface area contributed by atoms with E-state index in [-0.39, 0.29) is 10.1 Å². The first-order valence-electron chi connectivity index (χ1n) is 9.48. The number of benzene rings is 1. The average molecular weight is 446 g/mol. The Kier molecular flexibility index (Phi) is 6.73. The maximum Gasteiger partial charge on any atom is 0.271 e. The summed E-state index contributed by atoms with van der Waals surface area (Å²) in [7, 11) is -3.69. The van der Waals surface area contributed by atoms with E-state index in [4.69, 9.17) is 4.52 Å². The van der Waals surface area contributed by atoms with Gasteiger partial charge >= 0.3 is 0 Å². The number of anilines is 2. The van der Waals surface area contributed by atoms with Crippen molar-refractivity contribution in [1.82, 2.24) is 5.16 Å². The smallest absolute Gasteiger partial charge is 0.271 e. The number of carbonyl (C=O) groups excluding carboxylic acids is 1. The van der Waals surface area contributed by atoms with Crippen LogP contribution in [0.4, 0.5) is 11.4 Å². The van der Waals surface area contributed by atoms with Crippen molar-refractivity contribution in [3.05, 3.63) is 58.3 Å². The van der Waals surface area contributed by atoms with Crippen LogP contribution < -0.4 is 10.0 Å². The van der Waals surface area contributed by atoms with Gasteiger partial charge in [-0.25, -0.2) is 8.42 Å². The Morgan fingerprint density at radius 2 is 1.93 bits per heavy atom. The van der Waals surface area contributed by atoms with Crippen LogP contribution in [0.1, 0.15) is 42.2 Å². The average Bonchev–Trinajstić information content (AvgIpc) is 3.34. The molecule has 30 heavy (non-hydrogen) atoms. The lowest BCUT2D eigenvalue weighted by Gasteiger charge is -2.10. The minimum atomic E-state index is -3.69. The lowest BCUT2D eigenvalue weighted by Crippen LogP contribution is -2.12. The van der Waals surface area contributed by atoms with Gasteiger partial charge in [-0.3, -0.25) is 9.52 Å². The molecule has 0 radical (unpaired) electrons. The third kappa shape index (κ3) is 4.98. The molecule has 0 fully saturated rings. The zero-order chi connectivity index (χ0) is 21.7. The molecule has 0 bridgehead atoms. The highest BCUT2D eigenvalue weighted by Crippen LogP contribution is 2.28. The summed E-state index contributed by atoms with van der Waals surface area (Å²) in [6.07, 6.45) is 4.46. The van der Waals surface area contributed by atoms with E-state index in [1.165, 1.54) is 0 Å². The minimum Gasteiger partial charge on any atom is -0.354 e. The molecule has 3 aromatic rings. The summed E-state index contributed by atoms with van der Waals surface area (Å²) in [6.45, 7) is 5.47. The molecule has 0 aliphatic rings. The quantitative estimate of drug-likeness (QED) is 0.512. The van der Waals surface area contributed by atoms with Gasteiger partial charge in [0.15, 0.2) is 5.76 Å². The van der Waals surface area contributed by atoms with E-state index in [1.807, 2.05) is 19.1 Å². The van der Waals surface area contributed by atoms with Crippen molar-refractivity contribution in [3.8, 4) is 0 Å². The predicted octanol–water partition coefficient (Wildman–Crippen LogP) is 4.93. The van der Waals surface area contributed by atoms with E-state index in [0.717, 1.165) is 28.2 Å². The van der Waals surface area contributed by atoms with Crippen LogP contribution in [-0.4, -0.2) is 19.5 Å². The first-order valence-corrected chi connectivity index (χ1v) is 11.8. The van der Waals surface area contributed by atoms with Crippen molar-refractivity contribution in [2.45, 2.75) is 37.8 Å². The van der Waals surface area contributed by atoms with Gasteiger partial charge in [-0.1, -0.05) is 37.2 Å². The number of hydrogen-bond acceptors (Lipinski definition) is 6. The number of amides is 1. The summed E-state index contributed by atoms with van der Waals surface area (Å²) in [5.74, 6) is 0.265. The van der Waals surface area contributed by atoms with Crippen molar-refractivity contribution in [2.24, 2.45) is 0 Å². The van der Waals surface area contributed by atoms with Gasteiger partial charge in [0.05, 0.1) is 5.69 Å². The molecule has 2 aromatic heterocycles. The SMILES string of the molecule is CCC(=O)Nc1c(C)noc1/C=C/c1ccc(S(=O)(=O)Nc2ccccc2CC)s1. The third-order valence-corrected chi connectivity index (χ3v) is 7.29. The fourth-order valence-corrected chi connectivity index (χ4v) is 5.06. The molecule has 2 heterocycles. The topological polar surface area (TPSA) is 101 Å². The van der Waals surface area contributed by atoms with Crippen molar-refractivity contribution in [2.75, 3.05) is 10.0 Å². The molecule has 0 saturated heterocycles. The molecule has 9 heteroatoms. The fraction of sp³-hybridized carbons (Fsp3) is 0.238. The molecule has 2 N–H and O–H groups in total. The van der Waals surface area contributed by atoms with E-state index in [1.54, 1.807) is 50.3 Å². The molecule has 1 aromatic carbocycles. The second kappa shape index (κ2) is 9.27. The van der Waals surface area contributed by atoms with E-state index in [0.29, 0.717) is 29.2 Å². The van der Waals surface area contributed by atoms with Crippen LogP contribution in [0.2, 0.25) is 0 Å². The number of nitrogens with one attached hydrogen (secondary N) is 2. The van der Waals surface area contributed by atoms with Gasteiger partial charge in [0.2, 0.25) is 5.91 Å². The summed E-state index contributed by atoms with van der Waals surface area (Å²) in [5.41, 5.74) is 2.60. The van der Waals surface area contributed by atoms with Gasteiger partial charge < -0.3 is 9.84 Å². The molecule has 0 spiro atoms. The molecule has 0 saturated carbocycles. The number of aryl methyl sites for hydroxylation is 2. The normalized spacial score (nSPS) is 11.7. The molecule has 0 atom stereocenters. The summed E-state index contributed by atoms with van der Waals surface area (Å²) in [6, 6.07) is 10.6. The first kappa shape index (κ1) is 21.8. The van der Waals surface area contributed by atoms with Crippen LogP contribution in [0, 0.1) is 6.92 Å². The van der Waals surface area contributed by atoms with Gasteiger partial charge in [-0.2, -0.15) is 0 Å². The third-order valence-electron chi connectivity index (χ3n) is 4.38. The lowest BCUT2D eigenvalue weighted by molar-refractivity contribution is -0.115. The van der Waals surface area contributed by atoms with E-state index >= 15 is 0 Å². The summed E-state index contributed by atoms with van der Waals surface area (Å²) >= 11 is 1.14. The molecule has 0 aliphatic carbocycles. The number of hydrogen-bond donors (Lipinski definition) is 2. The van der Waals surface area contributed by atoms with Crippen molar-refractivity contribution in [1.29, 1.82) is 0 Å². The molecule has 0 aliphatic heterocycles. The maximum atomic E-state index is 12.8. The number of thiophene rings is 1. The van der Waals surface area contributed by atoms with Gasteiger partial charge in [0.25, 0.3) is 10.0 Å². The largest absolute Gasteiger partial charge is 0.354 e. The summed E-state index contributed by atoms with van der Waals surface area (Å²) in [4.78, 5) is 12.4. The van der Waals surface area contributed by atoms with Gasteiger partial charge in [0, 0.05) is 11.3 Å². The van der Waals surface area contributed by atoms with Crippen molar-refractivity contribution >= 4 is 50.8 Å². The van der Waals surface area contributed by atoms with E-state index in [9.17, 15) is 13.2 Å². The zero-order valence-electron chi connectivity index (χ0n) is 16.9. The second-order valence-corrected chi connectivity index (χ2v) is 9.54. The van der Waals surface area contributed by atoms with Crippen molar-refractivity contribution in [3.63, 3.8) is 0 Å². The van der Waals surface area contributed by atoms with Crippen LogP contribution in [0.25, 0.3) is 12.2 Å². The molecule has 7 nitrogen and oxygen atoms in total. The Morgan fingerprint density at radius 3 is 2.67 bits per heavy atom. The molecule has 158 valence electrons. The first-order chi connectivity index (χ1) is 14.3. The van der Waals surface area contributed by atoms with Crippen LogP contribution in [0.5, 0.6) is 0 Å². The summed E-state index contributed by atoms with van der Waals surface area (Å²) in [5, 5.41) is 6.64. The molecule has 3 rings (SSSR count). The molecule has 0 unspecified atom stereocenters. The van der Waals surface area contributed by atoms with Gasteiger partial charge in [0.1, 0.15) is 15.6 Å². The molecular weight excluding hydrogens is 422 g/mol. The fourth-order valence-electron chi connectivity index (χ4n) is 2.73. The van der Waals surface area contributed by atoms with Crippen molar-refractivity contribution < 1.29 is 17.7 Å². The Hall–Kier alpha value is -2.91. The highest BCUT2D eigenvalue weighted by molar-refractivity contribution is 7.94. The zero-order valence-corrected chi connectivity index (χ0v) is 18.6. The van der Waals surface area contributed by atoms with Crippen LogP contribution in [0.15, 0.2) is 45.1 Å². The minimum absolute atomic E-state index is 0.140. The van der Waals surface area contributed by atoms with Gasteiger partial charge in [-0.15, -0.1) is 11.3 Å². The van der Waals surface area contributed by atoms with E-state index in [2.05, 4.69) is 15.2 Å². The standard InChI is InChI=1S/C21H23N3O4S2/c1-4-15-8-6-7-9-17(15)24-30(26,27)20-13-11-16(29-20)10-12-18-21(14(3)23-28-18)22-19(25)5-2/h6-13,24H,4-5H2,1-3H3,(H,22,25)/b12-10+. The highest BCUT2D eigenvalue weighted by Gasteiger charge is 2.18. The molecule has 1 amide bonds. The Morgan fingerprint density at radius 1 is 1.17 bits per heavy atom. The number of nitrogens with zero attached hydrogens (tertiary/aromatic N) is 1. The Labute approximate surface area is 179 Å². The second-order valence-electron chi connectivity index (χ2n) is 6.52. The number of para-hydroxylation sites is 1. The number of sulfonamides is 1. The van der Waals surface area contributed by atoms with Crippen LogP contribution in [0.3, 0.4) is 0 Å². The number of rotatable bonds is 8. The summed E-state index contributed by atoms with van der Waals surface area (Å²) < 4.78 is 33.7.